The number of benzene rings is 1. The smallest absolute Gasteiger partial charge is 0.191 e. The van der Waals surface area contributed by atoms with Crippen LogP contribution in [0.2, 0.25) is 5.02 Å². The number of aliphatic hydroxyl groups is 1. The molecule has 2 unspecified atom stereocenters. The van der Waals surface area contributed by atoms with E-state index in [4.69, 9.17) is 21.3 Å². The Labute approximate surface area is 180 Å². The van der Waals surface area contributed by atoms with E-state index in [-0.39, 0.29) is 18.1 Å². The van der Waals surface area contributed by atoms with Crippen LogP contribution in [0.15, 0.2) is 29.3 Å². The van der Waals surface area contributed by atoms with Gasteiger partial charge in [-0.25, -0.2) is 0 Å². The summed E-state index contributed by atoms with van der Waals surface area (Å²) in [5, 5.41) is 17.1. The van der Waals surface area contributed by atoms with Crippen LogP contribution < -0.4 is 10.6 Å². The van der Waals surface area contributed by atoms with Gasteiger partial charge >= 0.3 is 0 Å². The lowest BCUT2D eigenvalue weighted by Gasteiger charge is -2.31. The Morgan fingerprint density at radius 2 is 2.03 bits per heavy atom. The molecule has 1 aromatic carbocycles. The fourth-order valence-electron chi connectivity index (χ4n) is 3.91. The minimum absolute atomic E-state index is 0.0574. The van der Waals surface area contributed by atoms with Crippen molar-refractivity contribution in [3.05, 3.63) is 34.9 Å². The molecule has 0 aliphatic carbocycles. The number of guanidine groups is 1. The van der Waals surface area contributed by atoms with Crippen molar-refractivity contribution in [1.29, 1.82) is 0 Å². The van der Waals surface area contributed by atoms with Gasteiger partial charge in [0, 0.05) is 36.7 Å². The quantitative estimate of drug-likeness (QED) is 0.376. The molecule has 0 bridgehead atoms. The van der Waals surface area contributed by atoms with Crippen molar-refractivity contribution in [3.63, 3.8) is 0 Å². The first-order chi connectivity index (χ1) is 14.1. The predicted molar refractivity (Wildman–Crippen MR) is 121 cm³/mol. The lowest BCUT2D eigenvalue weighted by atomic mass is 9.84. The van der Waals surface area contributed by atoms with E-state index in [0.717, 1.165) is 55.6 Å². The average Bonchev–Trinajstić information content (AvgIpc) is 3.19. The van der Waals surface area contributed by atoms with Gasteiger partial charge in [-0.2, -0.15) is 0 Å². The fraction of sp³-hybridized carbons (Fsp3) is 0.682. The topological polar surface area (TPSA) is 69.1 Å². The summed E-state index contributed by atoms with van der Waals surface area (Å²) >= 11 is 6.52. The number of ether oxygens (including phenoxy) is 1. The number of rotatable bonds is 11. The second-order valence-electron chi connectivity index (χ2n) is 7.61. The Kier molecular flexibility index (Phi) is 10.2. The van der Waals surface area contributed by atoms with E-state index in [2.05, 4.69) is 42.4 Å². The lowest BCUT2D eigenvalue weighted by Crippen LogP contribution is -2.44. The summed E-state index contributed by atoms with van der Waals surface area (Å²) in [6, 6.07) is 8.21. The van der Waals surface area contributed by atoms with Gasteiger partial charge < -0.3 is 20.5 Å². The van der Waals surface area contributed by atoms with Crippen LogP contribution in [0.25, 0.3) is 0 Å². The largest absolute Gasteiger partial charge is 0.396 e. The third-order valence-corrected chi connectivity index (χ3v) is 6.07. The monoisotopic (exact) mass is 424 g/mol. The molecule has 1 aliphatic heterocycles. The van der Waals surface area contributed by atoms with Crippen molar-refractivity contribution >= 4 is 17.6 Å². The summed E-state index contributed by atoms with van der Waals surface area (Å²) in [6.45, 7) is 12.0. The standard InChI is InChI=1S/C22H37ClN4O2/c1-4-24-21(26-16-22(11-13-28)12-14-29-17-22)25-15-20(27(5-2)6-3)18-9-7-8-10-19(18)23/h7-10,20,28H,4-6,11-17H2,1-3H3,(H2,24,25,26). The molecule has 1 fully saturated rings. The summed E-state index contributed by atoms with van der Waals surface area (Å²) in [4.78, 5) is 7.24. The van der Waals surface area contributed by atoms with E-state index in [9.17, 15) is 5.11 Å². The number of hydrogen-bond donors (Lipinski definition) is 3. The number of hydrogen-bond acceptors (Lipinski definition) is 4. The number of nitrogens with zero attached hydrogens (tertiary/aromatic N) is 2. The Morgan fingerprint density at radius 3 is 2.62 bits per heavy atom. The third-order valence-electron chi connectivity index (χ3n) is 5.72. The molecule has 3 N–H and O–H groups in total. The molecule has 0 aromatic heterocycles. The number of nitrogens with one attached hydrogen (secondary N) is 2. The molecule has 0 spiro atoms. The Balaban J connectivity index is 2.13. The van der Waals surface area contributed by atoms with E-state index < -0.39 is 0 Å². The van der Waals surface area contributed by atoms with E-state index in [1.807, 2.05) is 18.2 Å². The lowest BCUT2D eigenvalue weighted by molar-refractivity contribution is 0.131. The van der Waals surface area contributed by atoms with E-state index >= 15 is 0 Å². The maximum absolute atomic E-state index is 9.45. The number of aliphatic hydroxyl groups excluding tert-OH is 1. The van der Waals surface area contributed by atoms with E-state index in [1.54, 1.807) is 0 Å². The molecule has 2 rings (SSSR count). The minimum Gasteiger partial charge on any atom is -0.396 e. The van der Waals surface area contributed by atoms with Crippen LogP contribution in [0.5, 0.6) is 0 Å². The molecule has 6 nitrogen and oxygen atoms in total. The van der Waals surface area contributed by atoms with Gasteiger partial charge in [0.2, 0.25) is 0 Å². The second-order valence-corrected chi connectivity index (χ2v) is 8.02. The van der Waals surface area contributed by atoms with Gasteiger partial charge in [-0.05, 0) is 44.5 Å². The maximum atomic E-state index is 9.45. The van der Waals surface area contributed by atoms with Crippen molar-refractivity contribution in [2.45, 2.75) is 39.7 Å². The first-order valence-electron chi connectivity index (χ1n) is 10.8. The van der Waals surface area contributed by atoms with Crippen LogP contribution in [0.3, 0.4) is 0 Å². The van der Waals surface area contributed by atoms with Crippen LogP contribution >= 0.6 is 11.6 Å². The first kappa shape index (κ1) is 23.9. The van der Waals surface area contributed by atoms with Gasteiger partial charge in [0.05, 0.1) is 19.2 Å². The molecule has 1 aliphatic rings. The zero-order valence-corrected chi connectivity index (χ0v) is 18.8. The van der Waals surface area contributed by atoms with Crippen LogP contribution in [0, 0.1) is 5.41 Å². The third kappa shape index (κ3) is 6.85. The van der Waals surface area contributed by atoms with Gasteiger partial charge in [0.25, 0.3) is 0 Å². The highest BCUT2D eigenvalue weighted by atomic mass is 35.5. The number of aliphatic imine (C=N–C) groups is 1. The fourth-order valence-corrected chi connectivity index (χ4v) is 4.18. The van der Waals surface area contributed by atoms with Gasteiger partial charge in [-0.15, -0.1) is 0 Å². The van der Waals surface area contributed by atoms with Crippen molar-refractivity contribution in [2.24, 2.45) is 10.4 Å². The molecule has 1 aromatic rings. The molecule has 0 saturated carbocycles. The van der Waals surface area contributed by atoms with Crippen LogP contribution in [0.4, 0.5) is 0 Å². The highest BCUT2D eigenvalue weighted by Crippen LogP contribution is 2.32. The second kappa shape index (κ2) is 12.4. The molecule has 0 amide bonds. The van der Waals surface area contributed by atoms with E-state index in [1.165, 1.54) is 0 Å². The summed E-state index contributed by atoms with van der Waals surface area (Å²) in [5.74, 6) is 0.793. The minimum atomic E-state index is -0.0574. The van der Waals surface area contributed by atoms with Crippen LogP contribution in [-0.2, 0) is 4.74 Å². The highest BCUT2D eigenvalue weighted by molar-refractivity contribution is 6.31. The summed E-state index contributed by atoms with van der Waals surface area (Å²) in [7, 11) is 0. The number of halogens is 1. The van der Waals surface area contributed by atoms with Crippen molar-refractivity contribution in [3.8, 4) is 0 Å². The predicted octanol–water partition coefficient (Wildman–Crippen LogP) is 3.07. The molecule has 7 heteroatoms. The first-order valence-corrected chi connectivity index (χ1v) is 11.2. The van der Waals surface area contributed by atoms with E-state index in [0.29, 0.717) is 19.7 Å². The molecule has 164 valence electrons. The van der Waals surface area contributed by atoms with Gasteiger partial charge in [0.1, 0.15) is 0 Å². The molecule has 1 saturated heterocycles. The summed E-state index contributed by atoms with van der Waals surface area (Å²) in [5.41, 5.74) is 1.07. The summed E-state index contributed by atoms with van der Waals surface area (Å²) < 4.78 is 5.59. The molecular formula is C22H37ClN4O2. The van der Waals surface area contributed by atoms with Gasteiger partial charge in [0.15, 0.2) is 5.96 Å². The van der Waals surface area contributed by atoms with Crippen LogP contribution in [-0.4, -0.2) is 68.5 Å². The zero-order valence-electron chi connectivity index (χ0n) is 18.1. The van der Waals surface area contributed by atoms with Crippen molar-refractivity contribution in [1.82, 2.24) is 15.5 Å². The molecule has 0 radical (unpaired) electrons. The number of likely N-dealkylation sites (N-methyl/N-ethyl adjacent to an activating group) is 1. The van der Waals surface area contributed by atoms with Gasteiger partial charge in [-0.1, -0.05) is 43.6 Å². The normalized spacial score (nSPS) is 20.8. The Bertz CT molecular complexity index is 631. The summed E-state index contributed by atoms with van der Waals surface area (Å²) in [6.07, 6.45) is 1.66. The molecule has 29 heavy (non-hydrogen) atoms. The molecule has 2 atom stereocenters. The average molecular weight is 425 g/mol. The van der Waals surface area contributed by atoms with Gasteiger partial charge in [-0.3, -0.25) is 9.89 Å². The maximum Gasteiger partial charge on any atom is 0.191 e. The SMILES string of the molecule is CCNC(=NCC1(CCO)CCOC1)NCC(c1ccccc1Cl)N(CC)CC. The molecule has 1 heterocycles. The Hall–Kier alpha value is -1.34. The highest BCUT2D eigenvalue weighted by Gasteiger charge is 2.34. The zero-order chi connectivity index (χ0) is 21.1. The van der Waals surface area contributed by atoms with Crippen LogP contribution in [0.1, 0.15) is 45.2 Å². The Morgan fingerprint density at radius 1 is 1.28 bits per heavy atom. The van der Waals surface area contributed by atoms with Crippen molar-refractivity contribution < 1.29 is 9.84 Å². The van der Waals surface area contributed by atoms with Crippen molar-refractivity contribution in [2.75, 3.05) is 52.5 Å². The molecular weight excluding hydrogens is 388 g/mol.